The van der Waals surface area contributed by atoms with Crippen molar-refractivity contribution in [1.29, 1.82) is 0 Å². The van der Waals surface area contributed by atoms with Crippen molar-refractivity contribution < 1.29 is 14.7 Å². The van der Waals surface area contributed by atoms with Crippen molar-refractivity contribution in [2.75, 3.05) is 0 Å². The van der Waals surface area contributed by atoms with Gasteiger partial charge >= 0.3 is 5.97 Å². The normalized spacial score (nSPS) is 37.5. The summed E-state index contributed by atoms with van der Waals surface area (Å²) in [5.74, 6) is -0.950. The van der Waals surface area contributed by atoms with E-state index < -0.39 is 5.97 Å². The number of ketones is 1. The van der Waals surface area contributed by atoms with Gasteiger partial charge in [-0.15, -0.1) is 0 Å². The first-order valence-corrected chi connectivity index (χ1v) is 4.61. The van der Waals surface area contributed by atoms with Gasteiger partial charge in [-0.05, 0) is 19.3 Å². The van der Waals surface area contributed by atoms with Crippen molar-refractivity contribution in [2.45, 2.75) is 19.3 Å². The molecule has 0 heterocycles. The van der Waals surface area contributed by atoms with Gasteiger partial charge in [0.15, 0.2) is 0 Å². The maximum atomic E-state index is 11.5. The zero-order valence-corrected chi connectivity index (χ0v) is 7.27. The molecule has 1 N–H and O–H groups in total. The molecule has 3 nitrogen and oxygen atoms in total. The van der Waals surface area contributed by atoms with Gasteiger partial charge in [0, 0.05) is 11.8 Å². The molecule has 0 aromatic rings. The SMILES string of the molecule is O=C(O)[C@H]1C[C@H]2CC=C[C@@H](C1)C2=O. The standard InChI is InChI=1S/C10H12O3/c11-9-6-2-1-3-7(9)5-8(4-6)10(12)13/h1-2,6-8H,3-5H2,(H,12,13)/t6-,7+,8+/m0/s1. The second kappa shape index (κ2) is 2.98. The summed E-state index contributed by atoms with van der Waals surface area (Å²) in [7, 11) is 0. The lowest BCUT2D eigenvalue weighted by molar-refractivity contribution is -0.145. The fourth-order valence-corrected chi connectivity index (χ4v) is 2.28. The topological polar surface area (TPSA) is 54.4 Å². The molecule has 0 unspecified atom stereocenters. The Morgan fingerprint density at radius 3 is 2.85 bits per heavy atom. The van der Waals surface area contributed by atoms with Gasteiger partial charge in [-0.2, -0.15) is 0 Å². The van der Waals surface area contributed by atoms with E-state index in [-0.39, 0.29) is 23.5 Å². The number of fused-ring (bicyclic) bond motifs is 2. The number of aliphatic carboxylic acids is 1. The zero-order valence-electron chi connectivity index (χ0n) is 7.27. The van der Waals surface area contributed by atoms with Gasteiger partial charge in [0.1, 0.15) is 5.78 Å². The van der Waals surface area contributed by atoms with Gasteiger partial charge < -0.3 is 5.11 Å². The summed E-state index contributed by atoms with van der Waals surface area (Å²) < 4.78 is 0. The number of hydrogen-bond donors (Lipinski definition) is 1. The highest BCUT2D eigenvalue weighted by molar-refractivity contribution is 5.88. The Hall–Kier alpha value is -1.12. The maximum Gasteiger partial charge on any atom is 0.306 e. The lowest BCUT2D eigenvalue weighted by Crippen LogP contribution is -2.36. The maximum absolute atomic E-state index is 11.5. The number of carboxylic acids is 1. The Bertz CT molecular complexity index is 280. The van der Waals surface area contributed by atoms with Crippen LogP contribution in [0, 0.1) is 17.8 Å². The fourth-order valence-electron chi connectivity index (χ4n) is 2.28. The molecule has 2 aliphatic carbocycles. The molecule has 0 saturated heterocycles. The van der Waals surface area contributed by atoms with E-state index in [1.54, 1.807) is 0 Å². The van der Waals surface area contributed by atoms with E-state index in [2.05, 4.69) is 0 Å². The summed E-state index contributed by atoms with van der Waals surface area (Å²) >= 11 is 0. The molecule has 3 atom stereocenters. The highest BCUT2D eigenvalue weighted by Gasteiger charge is 2.39. The monoisotopic (exact) mass is 180 g/mol. The van der Waals surface area contributed by atoms with Gasteiger partial charge in [-0.1, -0.05) is 12.2 Å². The summed E-state index contributed by atoms with van der Waals surface area (Å²) in [4.78, 5) is 22.3. The molecule has 0 aromatic carbocycles. The number of carboxylic acid groups (broad SMARTS) is 1. The van der Waals surface area contributed by atoms with Crippen molar-refractivity contribution in [3.63, 3.8) is 0 Å². The summed E-state index contributed by atoms with van der Waals surface area (Å²) in [6, 6.07) is 0. The minimum atomic E-state index is -0.752. The summed E-state index contributed by atoms with van der Waals surface area (Å²) in [6.45, 7) is 0. The lowest BCUT2D eigenvalue weighted by atomic mass is 9.70. The molecule has 0 amide bonds. The van der Waals surface area contributed by atoms with Crippen LogP contribution in [-0.2, 0) is 9.59 Å². The second-order valence-corrected chi connectivity index (χ2v) is 3.88. The van der Waals surface area contributed by atoms with Gasteiger partial charge in [-0.3, -0.25) is 9.59 Å². The lowest BCUT2D eigenvalue weighted by Gasteiger charge is -2.32. The van der Waals surface area contributed by atoms with Crippen molar-refractivity contribution in [2.24, 2.45) is 17.8 Å². The molecule has 3 heteroatoms. The Kier molecular flexibility index (Phi) is 1.94. The van der Waals surface area contributed by atoms with E-state index in [1.165, 1.54) is 0 Å². The molecule has 2 rings (SSSR count). The molecule has 0 aliphatic heterocycles. The smallest absolute Gasteiger partial charge is 0.306 e. The van der Waals surface area contributed by atoms with Crippen LogP contribution in [0.4, 0.5) is 0 Å². The molecule has 1 saturated carbocycles. The number of Topliss-reactive ketones (excluding diaryl/α,β-unsaturated/α-hetero) is 1. The number of rotatable bonds is 1. The average molecular weight is 180 g/mol. The summed E-state index contributed by atoms with van der Waals surface area (Å²) in [5, 5.41) is 8.84. The van der Waals surface area contributed by atoms with Gasteiger partial charge in [0.05, 0.1) is 5.92 Å². The van der Waals surface area contributed by atoms with E-state index in [4.69, 9.17) is 5.11 Å². The van der Waals surface area contributed by atoms with Crippen molar-refractivity contribution in [3.05, 3.63) is 12.2 Å². The Morgan fingerprint density at radius 2 is 2.23 bits per heavy atom. The van der Waals surface area contributed by atoms with Gasteiger partial charge in [-0.25, -0.2) is 0 Å². The number of allylic oxidation sites excluding steroid dienone is 2. The molecule has 0 aromatic heterocycles. The van der Waals surface area contributed by atoms with E-state index in [9.17, 15) is 9.59 Å². The molecule has 13 heavy (non-hydrogen) atoms. The first kappa shape index (κ1) is 8.48. The van der Waals surface area contributed by atoms with E-state index in [1.807, 2.05) is 12.2 Å². The molecular weight excluding hydrogens is 168 g/mol. The molecule has 1 fully saturated rings. The van der Waals surface area contributed by atoms with E-state index >= 15 is 0 Å². The predicted octanol–water partition coefficient (Wildman–Crippen LogP) is 1.24. The zero-order chi connectivity index (χ0) is 9.42. The minimum absolute atomic E-state index is 0.0233. The molecule has 0 radical (unpaired) electrons. The molecule has 2 aliphatic rings. The van der Waals surface area contributed by atoms with Crippen molar-refractivity contribution in [3.8, 4) is 0 Å². The average Bonchev–Trinajstić information content (AvgIpc) is 2.02. The van der Waals surface area contributed by atoms with Crippen LogP contribution in [-0.4, -0.2) is 16.9 Å². The van der Waals surface area contributed by atoms with E-state index in [0.717, 1.165) is 6.42 Å². The molecule has 0 spiro atoms. The van der Waals surface area contributed by atoms with Crippen LogP contribution in [0.5, 0.6) is 0 Å². The summed E-state index contributed by atoms with van der Waals surface area (Å²) in [6.07, 6.45) is 5.65. The summed E-state index contributed by atoms with van der Waals surface area (Å²) in [5.41, 5.74) is 0. The van der Waals surface area contributed by atoms with Gasteiger partial charge in [0.25, 0.3) is 0 Å². The van der Waals surface area contributed by atoms with Crippen LogP contribution in [0.3, 0.4) is 0 Å². The minimum Gasteiger partial charge on any atom is -0.481 e. The largest absolute Gasteiger partial charge is 0.481 e. The first-order valence-electron chi connectivity index (χ1n) is 4.61. The third kappa shape index (κ3) is 1.39. The quantitative estimate of drug-likeness (QED) is 0.618. The second-order valence-electron chi connectivity index (χ2n) is 3.88. The molecule has 70 valence electrons. The number of hydrogen-bond acceptors (Lipinski definition) is 2. The Labute approximate surface area is 76.4 Å². The Balaban J connectivity index is 2.18. The van der Waals surface area contributed by atoms with Crippen LogP contribution >= 0.6 is 0 Å². The van der Waals surface area contributed by atoms with Crippen molar-refractivity contribution in [1.82, 2.24) is 0 Å². The van der Waals surface area contributed by atoms with Crippen LogP contribution in [0.15, 0.2) is 12.2 Å². The Morgan fingerprint density at radius 1 is 1.46 bits per heavy atom. The number of carbonyl (C=O) groups excluding carboxylic acids is 1. The number of carbonyl (C=O) groups is 2. The molecule has 2 bridgehead atoms. The van der Waals surface area contributed by atoms with Crippen LogP contribution in [0.25, 0.3) is 0 Å². The van der Waals surface area contributed by atoms with Crippen LogP contribution < -0.4 is 0 Å². The van der Waals surface area contributed by atoms with Crippen LogP contribution in [0.2, 0.25) is 0 Å². The van der Waals surface area contributed by atoms with E-state index in [0.29, 0.717) is 12.8 Å². The molecular formula is C10H12O3. The predicted molar refractivity (Wildman–Crippen MR) is 46.1 cm³/mol. The van der Waals surface area contributed by atoms with Crippen molar-refractivity contribution >= 4 is 11.8 Å². The highest BCUT2D eigenvalue weighted by atomic mass is 16.4. The fraction of sp³-hybridized carbons (Fsp3) is 0.600. The van der Waals surface area contributed by atoms with Crippen LogP contribution in [0.1, 0.15) is 19.3 Å². The first-order chi connectivity index (χ1) is 6.18. The highest BCUT2D eigenvalue weighted by Crippen LogP contribution is 2.36. The van der Waals surface area contributed by atoms with Gasteiger partial charge in [0.2, 0.25) is 0 Å². The third-order valence-electron chi connectivity index (χ3n) is 3.01. The third-order valence-corrected chi connectivity index (χ3v) is 3.01.